The lowest BCUT2D eigenvalue weighted by Crippen LogP contribution is -1.88. The van der Waals surface area contributed by atoms with Gasteiger partial charge in [0.05, 0.1) is 0 Å². The molecule has 9 aromatic carbocycles. The number of fused-ring (bicyclic) bond motifs is 4. The standard InChI is InChI=1S/C44H26O/c1-2-7-27(8-3-1)28-13-14-30-22-31(16-15-29(30)21-28)36-23-32-17-19-34-25-37(26-35-20-18-33(24-36)42(32)43(34)35)38-10-6-11-40-39-9-4-5-12-41(39)45-44(38)40/h1-26H. The van der Waals surface area contributed by atoms with Crippen LogP contribution < -0.4 is 0 Å². The fourth-order valence-corrected chi connectivity index (χ4v) is 7.37. The highest BCUT2D eigenvalue weighted by molar-refractivity contribution is 6.25. The number of rotatable bonds is 3. The third-order valence-corrected chi connectivity index (χ3v) is 9.53. The molecule has 10 rings (SSSR count). The maximum absolute atomic E-state index is 6.40. The molecule has 0 atom stereocenters. The van der Waals surface area contributed by atoms with E-state index in [4.69, 9.17) is 4.42 Å². The second-order valence-corrected chi connectivity index (χ2v) is 12.1. The van der Waals surface area contributed by atoms with Gasteiger partial charge in [-0.15, -0.1) is 0 Å². The van der Waals surface area contributed by atoms with E-state index in [9.17, 15) is 0 Å². The fourth-order valence-electron chi connectivity index (χ4n) is 7.37. The van der Waals surface area contributed by atoms with Crippen molar-refractivity contribution in [1.82, 2.24) is 0 Å². The predicted molar refractivity (Wildman–Crippen MR) is 191 cm³/mol. The molecule has 1 heteroatoms. The lowest BCUT2D eigenvalue weighted by atomic mass is 9.89. The van der Waals surface area contributed by atoms with Crippen LogP contribution in [-0.2, 0) is 0 Å². The number of hydrogen-bond acceptors (Lipinski definition) is 1. The zero-order valence-corrected chi connectivity index (χ0v) is 24.4. The molecule has 10 aromatic rings. The van der Waals surface area contributed by atoms with Crippen LogP contribution in [0.4, 0.5) is 0 Å². The van der Waals surface area contributed by atoms with Gasteiger partial charge < -0.3 is 4.42 Å². The highest BCUT2D eigenvalue weighted by Crippen LogP contribution is 2.42. The van der Waals surface area contributed by atoms with Gasteiger partial charge >= 0.3 is 0 Å². The molecule has 0 aliphatic rings. The maximum atomic E-state index is 6.40. The van der Waals surface area contributed by atoms with Crippen LogP contribution in [0.5, 0.6) is 0 Å². The summed E-state index contributed by atoms with van der Waals surface area (Å²) in [6.45, 7) is 0. The summed E-state index contributed by atoms with van der Waals surface area (Å²) in [7, 11) is 0. The van der Waals surface area contributed by atoms with Crippen molar-refractivity contribution >= 4 is 65.0 Å². The first-order valence-corrected chi connectivity index (χ1v) is 15.5. The number of hydrogen-bond donors (Lipinski definition) is 0. The van der Waals surface area contributed by atoms with Crippen molar-refractivity contribution in [2.24, 2.45) is 0 Å². The summed E-state index contributed by atoms with van der Waals surface area (Å²) in [6.07, 6.45) is 0. The first kappa shape index (κ1) is 24.5. The van der Waals surface area contributed by atoms with Crippen molar-refractivity contribution in [3.05, 3.63) is 158 Å². The first-order valence-electron chi connectivity index (χ1n) is 15.5. The Labute approximate surface area is 259 Å². The zero-order chi connectivity index (χ0) is 29.5. The molecule has 0 bridgehead atoms. The van der Waals surface area contributed by atoms with E-state index in [0.717, 1.165) is 27.5 Å². The molecule has 0 fully saturated rings. The molecule has 0 spiro atoms. The molecular formula is C44H26O. The molecule has 0 saturated carbocycles. The third kappa shape index (κ3) is 3.74. The van der Waals surface area contributed by atoms with Crippen LogP contribution in [0.3, 0.4) is 0 Å². The Bertz CT molecular complexity index is 2680. The van der Waals surface area contributed by atoms with Crippen molar-refractivity contribution in [3.63, 3.8) is 0 Å². The van der Waals surface area contributed by atoms with Crippen LogP contribution >= 0.6 is 0 Å². The molecule has 0 saturated heterocycles. The van der Waals surface area contributed by atoms with Gasteiger partial charge in [0.2, 0.25) is 0 Å². The predicted octanol–water partition coefficient (Wildman–Crippen LogP) is 12.6. The minimum absolute atomic E-state index is 0.928. The van der Waals surface area contributed by atoms with Gasteiger partial charge in [0.25, 0.3) is 0 Å². The minimum Gasteiger partial charge on any atom is -0.455 e. The van der Waals surface area contributed by atoms with Crippen LogP contribution in [0.1, 0.15) is 0 Å². The van der Waals surface area contributed by atoms with Crippen LogP contribution in [0.15, 0.2) is 162 Å². The second-order valence-electron chi connectivity index (χ2n) is 12.1. The Balaban J connectivity index is 1.09. The number of benzene rings is 9. The van der Waals surface area contributed by atoms with Crippen molar-refractivity contribution in [1.29, 1.82) is 0 Å². The second kappa shape index (κ2) is 9.29. The largest absolute Gasteiger partial charge is 0.455 e. The van der Waals surface area contributed by atoms with Crippen LogP contribution in [0.25, 0.3) is 98.4 Å². The van der Waals surface area contributed by atoms with Crippen LogP contribution in [0, 0.1) is 0 Å². The van der Waals surface area contributed by atoms with Gasteiger partial charge in [-0.25, -0.2) is 0 Å². The summed E-state index contributed by atoms with van der Waals surface area (Å²) in [5.74, 6) is 0. The van der Waals surface area contributed by atoms with E-state index in [0.29, 0.717) is 0 Å². The first-order chi connectivity index (χ1) is 22.3. The molecule has 45 heavy (non-hydrogen) atoms. The Kier molecular flexibility index (Phi) is 5.06. The molecular weight excluding hydrogens is 544 g/mol. The topological polar surface area (TPSA) is 13.1 Å². The Hall–Kier alpha value is -5.92. The molecule has 0 aliphatic heterocycles. The minimum atomic E-state index is 0.928. The molecule has 1 nitrogen and oxygen atoms in total. The maximum Gasteiger partial charge on any atom is 0.143 e. The van der Waals surface area contributed by atoms with Gasteiger partial charge in [-0.05, 0) is 113 Å². The molecule has 0 radical (unpaired) electrons. The highest BCUT2D eigenvalue weighted by atomic mass is 16.3. The van der Waals surface area contributed by atoms with E-state index in [1.165, 1.54) is 70.9 Å². The van der Waals surface area contributed by atoms with E-state index < -0.39 is 0 Å². The SMILES string of the molecule is c1ccc(-c2ccc3cc(-c4cc5ccc6cc(-c7cccc8c7oc7ccccc78)cc7ccc(c4)c5c67)ccc3c2)cc1. The van der Waals surface area contributed by atoms with E-state index in [-0.39, 0.29) is 0 Å². The molecule has 1 aromatic heterocycles. The summed E-state index contributed by atoms with van der Waals surface area (Å²) in [5, 5.41) is 12.5. The quantitative estimate of drug-likeness (QED) is 0.193. The van der Waals surface area contributed by atoms with Crippen LogP contribution in [0.2, 0.25) is 0 Å². The van der Waals surface area contributed by atoms with Crippen molar-refractivity contribution in [3.8, 4) is 33.4 Å². The Morgan fingerprint density at radius 2 is 0.822 bits per heavy atom. The third-order valence-electron chi connectivity index (χ3n) is 9.53. The van der Waals surface area contributed by atoms with Gasteiger partial charge in [-0.1, -0.05) is 115 Å². The van der Waals surface area contributed by atoms with E-state index in [2.05, 4.69) is 146 Å². The van der Waals surface area contributed by atoms with E-state index in [1.54, 1.807) is 0 Å². The summed E-state index contributed by atoms with van der Waals surface area (Å²) in [4.78, 5) is 0. The summed E-state index contributed by atoms with van der Waals surface area (Å²) >= 11 is 0. The Morgan fingerprint density at radius 1 is 0.311 bits per heavy atom. The molecule has 0 unspecified atom stereocenters. The van der Waals surface area contributed by atoms with E-state index >= 15 is 0 Å². The van der Waals surface area contributed by atoms with Gasteiger partial charge in [-0.3, -0.25) is 0 Å². The molecule has 0 amide bonds. The number of furan rings is 1. The van der Waals surface area contributed by atoms with Gasteiger partial charge in [0.15, 0.2) is 0 Å². The molecule has 0 N–H and O–H groups in total. The average molecular weight is 571 g/mol. The zero-order valence-electron chi connectivity index (χ0n) is 24.4. The Morgan fingerprint density at radius 3 is 1.49 bits per heavy atom. The number of para-hydroxylation sites is 2. The van der Waals surface area contributed by atoms with Crippen molar-refractivity contribution in [2.75, 3.05) is 0 Å². The smallest absolute Gasteiger partial charge is 0.143 e. The molecule has 1 heterocycles. The summed E-state index contributed by atoms with van der Waals surface area (Å²) in [6, 6.07) is 57.4. The van der Waals surface area contributed by atoms with Gasteiger partial charge in [-0.2, -0.15) is 0 Å². The van der Waals surface area contributed by atoms with Gasteiger partial charge in [0.1, 0.15) is 11.2 Å². The van der Waals surface area contributed by atoms with Crippen LogP contribution in [-0.4, -0.2) is 0 Å². The monoisotopic (exact) mass is 570 g/mol. The normalized spacial score (nSPS) is 12.0. The van der Waals surface area contributed by atoms with Gasteiger partial charge in [0, 0.05) is 16.3 Å². The lowest BCUT2D eigenvalue weighted by Gasteiger charge is -2.15. The lowest BCUT2D eigenvalue weighted by molar-refractivity contribution is 0.670. The molecule has 0 aliphatic carbocycles. The van der Waals surface area contributed by atoms with E-state index in [1.807, 2.05) is 12.1 Å². The van der Waals surface area contributed by atoms with Crippen molar-refractivity contribution < 1.29 is 4.42 Å². The summed E-state index contributed by atoms with van der Waals surface area (Å²) < 4.78 is 6.40. The molecule has 208 valence electrons. The van der Waals surface area contributed by atoms with Crippen molar-refractivity contribution in [2.45, 2.75) is 0 Å². The average Bonchev–Trinajstić information content (AvgIpc) is 3.49. The highest BCUT2D eigenvalue weighted by Gasteiger charge is 2.16. The fraction of sp³-hybridized carbons (Fsp3) is 0. The summed E-state index contributed by atoms with van der Waals surface area (Å²) in [5.41, 5.74) is 9.15.